The second-order valence-corrected chi connectivity index (χ2v) is 10.6. The molecular weight excluding hydrogens is 394 g/mol. The average Bonchev–Trinajstić information content (AvgIpc) is 3.22. The van der Waals surface area contributed by atoms with Crippen molar-refractivity contribution in [2.24, 2.45) is 0 Å². The molecule has 1 fully saturated rings. The molecule has 0 spiro atoms. The quantitative estimate of drug-likeness (QED) is 0.597. The highest BCUT2D eigenvalue weighted by Gasteiger charge is 2.31. The predicted octanol–water partition coefficient (Wildman–Crippen LogP) is 4.16. The van der Waals surface area contributed by atoms with Crippen LogP contribution in [0.4, 0.5) is 0 Å². The summed E-state index contributed by atoms with van der Waals surface area (Å²) in [6.45, 7) is 5.71. The van der Waals surface area contributed by atoms with Crippen LogP contribution < -0.4 is 0 Å². The fraction of sp³-hybridized carbons (Fsp3) is 0.375. The molecule has 3 aromatic rings. The lowest BCUT2D eigenvalue weighted by Crippen LogP contribution is -2.18. The van der Waals surface area contributed by atoms with E-state index >= 15 is 0 Å². The molecule has 1 aromatic heterocycles. The maximum Gasteiger partial charge on any atom is 0.152 e. The monoisotopic (exact) mass is 423 g/mol. The fourth-order valence-corrected chi connectivity index (χ4v) is 6.01. The van der Waals surface area contributed by atoms with Crippen molar-refractivity contribution in [1.82, 2.24) is 14.7 Å². The van der Waals surface area contributed by atoms with E-state index in [4.69, 9.17) is 0 Å². The summed E-state index contributed by atoms with van der Waals surface area (Å²) in [5, 5.41) is 4.69. The van der Waals surface area contributed by atoms with Gasteiger partial charge in [-0.05, 0) is 44.0 Å². The summed E-state index contributed by atoms with van der Waals surface area (Å²) < 4.78 is 25.7. The van der Waals surface area contributed by atoms with Gasteiger partial charge in [-0.25, -0.2) is 8.42 Å². The Bertz CT molecular complexity index is 1120. The minimum atomic E-state index is -2.92. The van der Waals surface area contributed by atoms with Gasteiger partial charge in [0.05, 0.1) is 23.2 Å². The van der Waals surface area contributed by atoms with Crippen LogP contribution in [0.25, 0.3) is 11.1 Å². The average molecular weight is 424 g/mol. The number of rotatable bonds is 6. The van der Waals surface area contributed by atoms with Gasteiger partial charge in [0.1, 0.15) is 0 Å². The van der Waals surface area contributed by atoms with Gasteiger partial charge in [-0.1, -0.05) is 54.6 Å². The smallest absolute Gasteiger partial charge is 0.152 e. The number of sulfone groups is 1. The Morgan fingerprint density at radius 1 is 1.00 bits per heavy atom. The van der Waals surface area contributed by atoms with Gasteiger partial charge < -0.3 is 0 Å². The first-order valence-corrected chi connectivity index (χ1v) is 12.2. The van der Waals surface area contributed by atoms with Gasteiger partial charge in [-0.3, -0.25) is 9.58 Å². The molecule has 0 radical (unpaired) electrons. The standard InChI is InChI=1S/C24H29N3O2S/c1-18-24(19(2)27(25-18)23-13-14-30(28,29)17-23)16-26(3)15-20-9-11-22(12-10-20)21-7-5-4-6-8-21/h4-12,23H,13-17H2,1-3H3/t23-/m0/s1. The lowest BCUT2D eigenvalue weighted by molar-refractivity contribution is 0.317. The number of aryl methyl sites for hydroxylation is 1. The summed E-state index contributed by atoms with van der Waals surface area (Å²) in [6.07, 6.45) is 0.660. The van der Waals surface area contributed by atoms with Gasteiger partial charge >= 0.3 is 0 Å². The molecule has 1 saturated heterocycles. The van der Waals surface area contributed by atoms with Gasteiger partial charge in [0.2, 0.25) is 0 Å². The van der Waals surface area contributed by atoms with E-state index in [2.05, 4.69) is 72.5 Å². The maximum absolute atomic E-state index is 11.9. The van der Waals surface area contributed by atoms with Crippen LogP contribution in [-0.4, -0.2) is 41.7 Å². The Kier molecular flexibility index (Phi) is 5.80. The van der Waals surface area contributed by atoms with Crippen LogP contribution >= 0.6 is 0 Å². The number of nitrogens with zero attached hydrogens (tertiary/aromatic N) is 3. The Balaban J connectivity index is 1.44. The highest BCUT2D eigenvalue weighted by molar-refractivity contribution is 7.91. The fourth-order valence-electron chi connectivity index (χ4n) is 4.32. The van der Waals surface area contributed by atoms with Gasteiger partial charge in [-0.2, -0.15) is 5.10 Å². The summed E-state index contributed by atoms with van der Waals surface area (Å²) in [6, 6.07) is 19.1. The second-order valence-electron chi connectivity index (χ2n) is 8.39. The van der Waals surface area contributed by atoms with Gasteiger partial charge in [0, 0.05) is 24.3 Å². The van der Waals surface area contributed by atoms with Crippen LogP contribution in [0, 0.1) is 13.8 Å². The Labute approximate surface area is 179 Å². The molecule has 0 saturated carbocycles. The van der Waals surface area contributed by atoms with E-state index in [-0.39, 0.29) is 17.5 Å². The minimum absolute atomic E-state index is 0.0294. The lowest BCUT2D eigenvalue weighted by Gasteiger charge is -2.18. The first-order chi connectivity index (χ1) is 14.3. The van der Waals surface area contributed by atoms with E-state index in [1.165, 1.54) is 22.3 Å². The van der Waals surface area contributed by atoms with Crippen LogP contribution in [0.5, 0.6) is 0 Å². The Hall–Kier alpha value is -2.44. The molecule has 0 aliphatic carbocycles. The molecule has 4 rings (SSSR count). The van der Waals surface area contributed by atoms with E-state index in [1.807, 2.05) is 17.7 Å². The zero-order chi connectivity index (χ0) is 21.3. The first-order valence-electron chi connectivity index (χ1n) is 10.4. The van der Waals surface area contributed by atoms with E-state index in [9.17, 15) is 8.42 Å². The van der Waals surface area contributed by atoms with Crippen LogP contribution in [0.15, 0.2) is 54.6 Å². The molecule has 0 N–H and O–H groups in total. The van der Waals surface area contributed by atoms with E-state index < -0.39 is 9.84 Å². The van der Waals surface area contributed by atoms with Crippen LogP contribution in [-0.2, 0) is 22.9 Å². The van der Waals surface area contributed by atoms with Crippen molar-refractivity contribution in [2.45, 2.75) is 39.4 Å². The topological polar surface area (TPSA) is 55.2 Å². The molecule has 6 heteroatoms. The molecule has 158 valence electrons. The first kappa shape index (κ1) is 20.8. The van der Waals surface area contributed by atoms with Crippen molar-refractivity contribution < 1.29 is 8.42 Å². The van der Waals surface area contributed by atoms with Crippen LogP contribution in [0.1, 0.15) is 35.0 Å². The predicted molar refractivity (Wildman–Crippen MR) is 121 cm³/mol. The third-order valence-corrected chi connectivity index (χ3v) is 7.72. The highest BCUT2D eigenvalue weighted by atomic mass is 32.2. The normalized spacial score (nSPS) is 18.2. The van der Waals surface area contributed by atoms with Gasteiger partial charge in [0.15, 0.2) is 9.84 Å². The van der Waals surface area contributed by atoms with Crippen molar-refractivity contribution >= 4 is 9.84 Å². The Morgan fingerprint density at radius 3 is 2.30 bits per heavy atom. The van der Waals surface area contributed by atoms with Crippen LogP contribution in [0.2, 0.25) is 0 Å². The number of aromatic nitrogens is 2. The summed E-state index contributed by atoms with van der Waals surface area (Å²) in [5.41, 5.74) is 6.99. The van der Waals surface area contributed by atoms with Crippen molar-refractivity contribution in [1.29, 1.82) is 0 Å². The van der Waals surface area contributed by atoms with E-state index in [0.29, 0.717) is 6.42 Å². The largest absolute Gasteiger partial charge is 0.298 e. The molecule has 1 aliphatic rings. The third-order valence-electron chi connectivity index (χ3n) is 5.97. The maximum atomic E-state index is 11.9. The van der Waals surface area contributed by atoms with Gasteiger partial charge in [-0.15, -0.1) is 0 Å². The van der Waals surface area contributed by atoms with Gasteiger partial charge in [0.25, 0.3) is 0 Å². The van der Waals surface area contributed by atoms with Crippen molar-refractivity contribution in [3.63, 3.8) is 0 Å². The summed E-state index contributed by atoms with van der Waals surface area (Å²) >= 11 is 0. The molecule has 2 aromatic carbocycles. The third kappa shape index (κ3) is 4.50. The molecule has 0 amide bonds. The molecule has 0 unspecified atom stereocenters. The molecule has 0 bridgehead atoms. The number of hydrogen-bond donors (Lipinski definition) is 0. The summed E-state index contributed by atoms with van der Waals surface area (Å²) in [5.74, 6) is 0.474. The summed E-state index contributed by atoms with van der Waals surface area (Å²) in [4.78, 5) is 2.28. The molecule has 2 heterocycles. The number of benzene rings is 2. The van der Waals surface area contributed by atoms with Crippen molar-refractivity contribution in [3.8, 4) is 11.1 Å². The minimum Gasteiger partial charge on any atom is -0.298 e. The Morgan fingerprint density at radius 2 is 1.67 bits per heavy atom. The molecule has 1 aliphatic heterocycles. The molecule has 1 atom stereocenters. The number of hydrogen-bond acceptors (Lipinski definition) is 4. The lowest BCUT2D eigenvalue weighted by atomic mass is 10.0. The van der Waals surface area contributed by atoms with Crippen molar-refractivity contribution in [2.75, 3.05) is 18.6 Å². The molecular formula is C24H29N3O2S. The SMILES string of the molecule is Cc1nn([C@H]2CCS(=O)(=O)C2)c(C)c1CN(C)Cc1ccc(-c2ccccc2)cc1. The zero-order valence-corrected chi connectivity index (χ0v) is 18.7. The van der Waals surface area contributed by atoms with Crippen molar-refractivity contribution in [3.05, 3.63) is 77.1 Å². The van der Waals surface area contributed by atoms with E-state index in [1.54, 1.807) is 0 Å². The second kappa shape index (κ2) is 8.36. The summed E-state index contributed by atoms with van der Waals surface area (Å²) in [7, 11) is -0.810. The van der Waals surface area contributed by atoms with E-state index in [0.717, 1.165) is 24.5 Å². The highest BCUT2D eigenvalue weighted by Crippen LogP contribution is 2.27. The molecule has 30 heavy (non-hydrogen) atoms. The van der Waals surface area contributed by atoms with Crippen LogP contribution in [0.3, 0.4) is 0 Å². The zero-order valence-electron chi connectivity index (χ0n) is 17.9. The molecule has 5 nitrogen and oxygen atoms in total.